The standard InChI is InChI=1S/C16H12BrFN2O/c17-12-6-13(18)8-14(7-12)21-16-11(9-19)5-10-3-1-2-4-15(10)20-16/h5-8H,1-4H2. The van der Waals surface area contributed by atoms with Gasteiger partial charge in [-0.05, 0) is 49.4 Å². The summed E-state index contributed by atoms with van der Waals surface area (Å²) in [7, 11) is 0. The molecule has 1 aromatic carbocycles. The van der Waals surface area contributed by atoms with Gasteiger partial charge in [0.25, 0.3) is 0 Å². The number of pyridine rings is 1. The van der Waals surface area contributed by atoms with Crippen LogP contribution in [0.15, 0.2) is 28.7 Å². The third-order valence-corrected chi connectivity index (χ3v) is 3.89. The molecular formula is C16H12BrFN2O. The number of hydrogen-bond acceptors (Lipinski definition) is 3. The van der Waals surface area contributed by atoms with Crippen molar-refractivity contribution in [3.05, 3.63) is 51.4 Å². The number of fused-ring (bicyclic) bond motifs is 1. The molecule has 1 heterocycles. The lowest BCUT2D eigenvalue weighted by atomic mass is 9.95. The van der Waals surface area contributed by atoms with Crippen LogP contribution in [0, 0.1) is 17.1 Å². The van der Waals surface area contributed by atoms with Crippen molar-refractivity contribution in [2.45, 2.75) is 25.7 Å². The topological polar surface area (TPSA) is 45.9 Å². The van der Waals surface area contributed by atoms with E-state index in [1.807, 2.05) is 6.07 Å². The van der Waals surface area contributed by atoms with Crippen LogP contribution in [0.1, 0.15) is 29.7 Å². The highest BCUT2D eigenvalue weighted by Crippen LogP contribution is 2.30. The van der Waals surface area contributed by atoms with E-state index in [9.17, 15) is 9.65 Å². The Morgan fingerprint density at radius 2 is 2.00 bits per heavy atom. The van der Waals surface area contributed by atoms with Crippen molar-refractivity contribution in [2.24, 2.45) is 0 Å². The quantitative estimate of drug-likeness (QED) is 0.802. The van der Waals surface area contributed by atoms with Crippen LogP contribution in [0.3, 0.4) is 0 Å². The van der Waals surface area contributed by atoms with Crippen LogP contribution in [-0.4, -0.2) is 4.98 Å². The number of halogens is 2. The molecule has 0 fully saturated rings. The van der Waals surface area contributed by atoms with Crippen molar-refractivity contribution in [2.75, 3.05) is 0 Å². The summed E-state index contributed by atoms with van der Waals surface area (Å²) in [5.74, 6) is 0.160. The van der Waals surface area contributed by atoms with Crippen LogP contribution in [0.5, 0.6) is 11.6 Å². The molecule has 3 nitrogen and oxygen atoms in total. The van der Waals surface area contributed by atoms with Crippen LogP contribution in [0.2, 0.25) is 0 Å². The van der Waals surface area contributed by atoms with Gasteiger partial charge in [-0.25, -0.2) is 9.37 Å². The van der Waals surface area contributed by atoms with Crippen molar-refractivity contribution in [3.63, 3.8) is 0 Å². The van der Waals surface area contributed by atoms with E-state index in [4.69, 9.17) is 4.74 Å². The molecule has 1 aliphatic rings. The monoisotopic (exact) mass is 346 g/mol. The van der Waals surface area contributed by atoms with Crippen molar-refractivity contribution in [1.82, 2.24) is 4.98 Å². The summed E-state index contributed by atoms with van der Waals surface area (Å²) < 4.78 is 19.6. The fourth-order valence-electron chi connectivity index (χ4n) is 2.47. The van der Waals surface area contributed by atoms with Gasteiger partial charge in [-0.2, -0.15) is 5.26 Å². The second-order valence-corrected chi connectivity index (χ2v) is 5.89. The Morgan fingerprint density at radius 3 is 2.76 bits per heavy atom. The highest BCUT2D eigenvalue weighted by molar-refractivity contribution is 9.10. The second-order valence-electron chi connectivity index (χ2n) is 4.97. The maximum absolute atomic E-state index is 13.4. The third kappa shape index (κ3) is 3.06. The number of nitriles is 1. The molecule has 2 aromatic rings. The Bertz CT molecular complexity index is 720. The van der Waals surface area contributed by atoms with E-state index < -0.39 is 5.82 Å². The van der Waals surface area contributed by atoms with Crippen LogP contribution < -0.4 is 4.74 Å². The first-order chi connectivity index (χ1) is 10.2. The summed E-state index contributed by atoms with van der Waals surface area (Å²) in [6.45, 7) is 0. The average Bonchev–Trinajstić information content (AvgIpc) is 2.45. The number of aryl methyl sites for hydroxylation is 2. The third-order valence-electron chi connectivity index (χ3n) is 3.44. The number of ether oxygens (including phenoxy) is 1. The fraction of sp³-hybridized carbons (Fsp3) is 0.250. The largest absolute Gasteiger partial charge is 0.438 e. The van der Waals surface area contributed by atoms with Gasteiger partial charge in [-0.3, -0.25) is 0 Å². The van der Waals surface area contributed by atoms with Gasteiger partial charge in [0.1, 0.15) is 23.2 Å². The van der Waals surface area contributed by atoms with Crippen molar-refractivity contribution < 1.29 is 9.13 Å². The zero-order chi connectivity index (χ0) is 14.8. The maximum atomic E-state index is 13.4. The van der Waals surface area contributed by atoms with Crippen molar-refractivity contribution >= 4 is 15.9 Å². The highest BCUT2D eigenvalue weighted by atomic mass is 79.9. The van der Waals surface area contributed by atoms with Gasteiger partial charge >= 0.3 is 0 Å². The second kappa shape index (κ2) is 5.82. The first-order valence-corrected chi connectivity index (χ1v) is 7.52. The summed E-state index contributed by atoms with van der Waals surface area (Å²) in [6.07, 6.45) is 4.06. The van der Waals surface area contributed by atoms with Crippen LogP contribution >= 0.6 is 15.9 Å². The molecule has 1 aromatic heterocycles. The molecule has 1 aliphatic carbocycles. The average molecular weight is 347 g/mol. The molecule has 0 saturated carbocycles. The predicted octanol–water partition coefficient (Wildman–Crippen LogP) is 4.53. The molecule has 106 valence electrons. The van der Waals surface area contributed by atoms with E-state index in [0.29, 0.717) is 15.8 Å². The molecule has 5 heteroatoms. The minimum atomic E-state index is -0.407. The van der Waals surface area contributed by atoms with E-state index in [1.165, 1.54) is 12.1 Å². The van der Waals surface area contributed by atoms with Gasteiger partial charge in [0.05, 0.1) is 0 Å². The minimum absolute atomic E-state index is 0.246. The number of aromatic nitrogens is 1. The molecule has 3 rings (SSSR count). The minimum Gasteiger partial charge on any atom is -0.438 e. The Balaban J connectivity index is 1.99. The smallest absolute Gasteiger partial charge is 0.237 e. The number of benzene rings is 1. The Labute approximate surface area is 130 Å². The Hall–Kier alpha value is -1.93. The van der Waals surface area contributed by atoms with E-state index in [-0.39, 0.29) is 5.88 Å². The van der Waals surface area contributed by atoms with Crippen LogP contribution in [-0.2, 0) is 12.8 Å². The molecule has 0 atom stereocenters. The first-order valence-electron chi connectivity index (χ1n) is 6.72. The number of nitrogens with zero attached hydrogens (tertiary/aromatic N) is 2. The van der Waals surface area contributed by atoms with E-state index in [2.05, 4.69) is 27.0 Å². The molecular weight excluding hydrogens is 335 g/mol. The number of rotatable bonds is 2. The zero-order valence-electron chi connectivity index (χ0n) is 11.2. The fourth-order valence-corrected chi connectivity index (χ4v) is 2.92. The van der Waals surface area contributed by atoms with Gasteiger partial charge < -0.3 is 4.74 Å². The molecule has 0 radical (unpaired) electrons. The molecule has 0 saturated heterocycles. The molecule has 0 unspecified atom stereocenters. The lowest BCUT2D eigenvalue weighted by molar-refractivity contribution is 0.451. The van der Waals surface area contributed by atoms with E-state index >= 15 is 0 Å². The van der Waals surface area contributed by atoms with Crippen molar-refractivity contribution in [3.8, 4) is 17.7 Å². The molecule has 0 bridgehead atoms. The van der Waals surface area contributed by atoms with E-state index in [1.54, 1.807) is 6.07 Å². The highest BCUT2D eigenvalue weighted by Gasteiger charge is 2.16. The summed E-state index contributed by atoms with van der Waals surface area (Å²) in [4.78, 5) is 4.46. The Kier molecular flexibility index (Phi) is 3.89. The van der Waals surface area contributed by atoms with Crippen LogP contribution in [0.4, 0.5) is 4.39 Å². The summed E-state index contributed by atoms with van der Waals surface area (Å²) in [6, 6.07) is 8.20. The SMILES string of the molecule is N#Cc1cc2c(nc1Oc1cc(F)cc(Br)c1)CCCC2. The molecule has 0 amide bonds. The van der Waals surface area contributed by atoms with Gasteiger partial charge in [-0.15, -0.1) is 0 Å². The Morgan fingerprint density at radius 1 is 1.19 bits per heavy atom. The van der Waals surface area contributed by atoms with Gasteiger partial charge in [0, 0.05) is 16.2 Å². The molecule has 0 N–H and O–H groups in total. The van der Waals surface area contributed by atoms with Gasteiger partial charge in [0.15, 0.2) is 0 Å². The summed E-state index contributed by atoms with van der Waals surface area (Å²) in [5.41, 5.74) is 2.48. The molecule has 0 spiro atoms. The lowest BCUT2D eigenvalue weighted by Crippen LogP contribution is -2.07. The summed E-state index contributed by atoms with van der Waals surface area (Å²) in [5, 5.41) is 9.25. The predicted molar refractivity (Wildman–Crippen MR) is 79.8 cm³/mol. The zero-order valence-corrected chi connectivity index (χ0v) is 12.8. The van der Waals surface area contributed by atoms with E-state index in [0.717, 1.165) is 36.9 Å². The van der Waals surface area contributed by atoms with Gasteiger partial charge in [-0.1, -0.05) is 15.9 Å². The molecule has 0 aliphatic heterocycles. The maximum Gasteiger partial charge on any atom is 0.237 e. The first kappa shape index (κ1) is 14.0. The lowest BCUT2D eigenvalue weighted by Gasteiger charge is -2.16. The number of hydrogen-bond donors (Lipinski definition) is 0. The van der Waals surface area contributed by atoms with Crippen molar-refractivity contribution in [1.29, 1.82) is 5.26 Å². The van der Waals surface area contributed by atoms with Gasteiger partial charge in [0.2, 0.25) is 5.88 Å². The summed E-state index contributed by atoms with van der Waals surface area (Å²) >= 11 is 3.22. The normalized spacial score (nSPS) is 13.4. The molecule has 21 heavy (non-hydrogen) atoms. The van der Waals surface area contributed by atoms with Crippen LogP contribution in [0.25, 0.3) is 0 Å².